The fourth-order valence-electron chi connectivity index (χ4n) is 4.43. The molecule has 0 heterocycles. The van der Waals surface area contributed by atoms with Crippen molar-refractivity contribution in [3.8, 4) is 0 Å². The molecule has 0 radical (unpaired) electrons. The predicted octanol–water partition coefficient (Wildman–Crippen LogP) is 5.67. The Kier molecular flexibility index (Phi) is 11.6. The van der Waals surface area contributed by atoms with Gasteiger partial charge in [-0.05, 0) is 60.7 Å². The number of hydrogen-bond donors (Lipinski definition) is 2. The maximum Gasteiger partial charge on any atom is 0.416 e. The van der Waals surface area contributed by atoms with E-state index in [1.807, 2.05) is 44.2 Å². The van der Waals surface area contributed by atoms with Gasteiger partial charge in [-0.15, -0.1) is 0 Å². The second-order valence-corrected chi connectivity index (χ2v) is 9.85. The molecule has 218 valence electrons. The second kappa shape index (κ2) is 15.1. The molecule has 3 aromatic rings. The molecule has 0 aliphatic rings. The fourth-order valence-corrected chi connectivity index (χ4v) is 4.43. The Morgan fingerprint density at radius 2 is 1.44 bits per heavy atom. The van der Waals surface area contributed by atoms with Crippen molar-refractivity contribution in [2.24, 2.45) is 0 Å². The van der Waals surface area contributed by atoms with Crippen LogP contribution in [0.5, 0.6) is 0 Å². The number of Topliss-reactive ketones (excluding diaryl/α,β-unsaturated/α-hetero) is 1. The van der Waals surface area contributed by atoms with Crippen LogP contribution >= 0.6 is 0 Å². The molecule has 0 unspecified atom stereocenters. The zero-order chi connectivity index (χ0) is 29.8. The minimum Gasteiger partial charge on any atom is -0.342 e. The molecule has 0 bridgehead atoms. The average Bonchev–Trinajstić information content (AvgIpc) is 2.96. The number of carbonyl (C=O) groups excluding carboxylic acids is 3. The number of nitrogens with one attached hydrogen (secondary N) is 2. The van der Waals surface area contributed by atoms with Crippen molar-refractivity contribution in [1.82, 2.24) is 15.5 Å². The number of halogens is 3. The number of hydrogen-bond acceptors (Lipinski definition) is 4. The molecule has 0 aromatic heterocycles. The molecule has 0 saturated heterocycles. The van der Waals surface area contributed by atoms with Gasteiger partial charge >= 0.3 is 6.18 Å². The van der Waals surface area contributed by atoms with E-state index in [0.717, 1.165) is 30.5 Å². The number of nitrogens with zero attached hydrogens (tertiary/aromatic N) is 1. The van der Waals surface area contributed by atoms with E-state index in [-0.39, 0.29) is 36.8 Å². The van der Waals surface area contributed by atoms with Crippen LogP contribution in [0.3, 0.4) is 0 Å². The van der Waals surface area contributed by atoms with Crippen LogP contribution in [-0.4, -0.2) is 48.2 Å². The molecule has 9 heteroatoms. The van der Waals surface area contributed by atoms with Gasteiger partial charge in [0.25, 0.3) is 11.8 Å². The molecule has 0 aliphatic carbocycles. The second-order valence-electron chi connectivity index (χ2n) is 9.85. The molecule has 3 aromatic carbocycles. The molecule has 0 fully saturated rings. The third kappa shape index (κ3) is 9.56. The van der Waals surface area contributed by atoms with Gasteiger partial charge in [-0.25, -0.2) is 0 Å². The van der Waals surface area contributed by atoms with Gasteiger partial charge in [0.1, 0.15) is 0 Å². The molecular formula is C32H36F3N3O3. The summed E-state index contributed by atoms with van der Waals surface area (Å²) in [7, 11) is 0. The van der Waals surface area contributed by atoms with E-state index >= 15 is 0 Å². The summed E-state index contributed by atoms with van der Waals surface area (Å²) in [5.74, 6) is -0.902. The molecule has 2 amide bonds. The molecule has 41 heavy (non-hydrogen) atoms. The molecular weight excluding hydrogens is 531 g/mol. The Labute approximate surface area is 238 Å². The van der Waals surface area contributed by atoms with Crippen molar-refractivity contribution in [1.29, 1.82) is 0 Å². The SMILES string of the molecule is CCCN(CCC)C(=O)c1cccc(C(=O)N[C@@H](Cc2ccccc2)C(=O)CNCc2ccc(C(F)(F)F)cc2)c1. The van der Waals surface area contributed by atoms with Crippen molar-refractivity contribution in [2.75, 3.05) is 19.6 Å². The zero-order valence-electron chi connectivity index (χ0n) is 23.3. The first-order valence-corrected chi connectivity index (χ1v) is 13.8. The summed E-state index contributed by atoms with van der Waals surface area (Å²) < 4.78 is 38.5. The first-order chi connectivity index (χ1) is 19.6. The van der Waals surface area contributed by atoms with E-state index < -0.39 is 23.7 Å². The van der Waals surface area contributed by atoms with Crippen LogP contribution in [0.2, 0.25) is 0 Å². The lowest BCUT2D eigenvalue weighted by Crippen LogP contribution is -2.45. The van der Waals surface area contributed by atoms with Crippen LogP contribution in [0.15, 0.2) is 78.9 Å². The van der Waals surface area contributed by atoms with Gasteiger partial charge in [0.05, 0.1) is 18.2 Å². The highest BCUT2D eigenvalue weighted by molar-refractivity contribution is 6.01. The Morgan fingerprint density at radius 3 is 2.05 bits per heavy atom. The van der Waals surface area contributed by atoms with Crippen molar-refractivity contribution in [2.45, 2.75) is 51.9 Å². The lowest BCUT2D eigenvalue weighted by atomic mass is 10.0. The third-order valence-electron chi connectivity index (χ3n) is 6.53. The summed E-state index contributed by atoms with van der Waals surface area (Å²) in [5, 5.41) is 5.79. The standard InChI is InChI=1S/C32H36F3N3O3/c1-3-17-38(18-4-2)31(41)26-12-8-11-25(20-26)30(40)37-28(19-23-9-6-5-7-10-23)29(39)22-36-21-24-13-15-27(16-14-24)32(33,34)35/h5-16,20,28,36H,3-4,17-19,21-22H2,1-2H3,(H,37,40)/t28-/m0/s1. The molecule has 0 saturated carbocycles. The van der Waals surface area contributed by atoms with Crippen LogP contribution in [0.1, 0.15) is 64.1 Å². The summed E-state index contributed by atoms with van der Waals surface area (Å²) >= 11 is 0. The minimum absolute atomic E-state index is 0.0969. The molecule has 6 nitrogen and oxygen atoms in total. The quantitative estimate of drug-likeness (QED) is 0.263. The highest BCUT2D eigenvalue weighted by Gasteiger charge is 2.30. The van der Waals surface area contributed by atoms with Crippen LogP contribution in [0.25, 0.3) is 0 Å². The number of carbonyl (C=O) groups is 3. The molecule has 3 rings (SSSR count). The van der Waals surface area contributed by atoms with Crippen molar-refractivity contribution >= 4 is 17.6 Å². The first kappa shape index (κ1) is 31.5. The van der Waals surface area contributed by atoms with E-state index in [1.54, 1.807) is 29.2 Å². The molecule has 0 spiro atoms. The van der Waals surface area contributed by atoms with Crippen molar-refractivity contribution < 1.29 is 27.6 Å². The van der Waals surface area contributed by atoms with E-state index in [0.29, 0.717) is 24.2 Å². The summed E-state index contributed by atoms with van der Waals surface area (Å²) in [5.41, 5.74) is 1.39. The summed E-state index contributed by atoms with van der Waals surface area (Å²) in [6, 6.07) is 19.6. The topological polar surface area (TPSA) is 78.5 Å². The monoisotopic (exact) mass is 567 g/mol. The molecule has 2 N–H and O–H groups in total. The Bertz CT molecular complexity index is 1290. The molecule has 0 aliphatic heterocycles. The van der Waals surface area contributed by atoms with E-state index in [9.17, 15) is 27.6 Å². The van der Waals surface area contributed by atoms with Crippen LogP contribution in [0, 0.1) is 0 Å². The van der Waals surface area contributed by atoms with Gasteiger partial charge in [0, 0.05) is 30.8 Å². The lowest BCUT2D eigenvalue weighted by molar-refractivity contribution is -0.137. The average molecular weight is 568 g/mol. The smallest absolute Gasteiger partial charge is 0.342 e. The van der Waals surface area contributed by atoms with Gasteiger partial charge in [-0.2, -0.15) is 13.2 Å². The highest BCUT2D eigenvalue weighted by atomic mass is 19.4. The van der Waals surface area contributed by atoms with E-state index in [4.69, 9.17) is 0 Å². The van der Waals surface area contributed by atoms with Gasteiger partial charge in [0.15, 0.2) is 5.78 Å². The Hall–Kier alpha value is -3.98. The Balaban J connectivity index is 1.70. The van der Waals surface area contributed by atoms with Gasteiger partial charge < -0.3 is 15.5 Å². The fraction of sp³-hybridized carbons (Fsp3) is 0.344. The largest absolute Gasteiger partial charge is 0.416 e. The maximum absolute atomic E-state index is 13.3. The number of ketones is 1. The number of amides is 2. The van der Waals surface area contributed by atoms with Crippen molar-refractivity contribution in [3.05, 3.63) is 107 Å². The maximum atomic E-state index is 13.3. The van der Waals surface area contributed by atoms with Gasteiger partial charge in [-0.1, -0.05) is 62.4 Å². The van der Waals surface area contributed by atoms with Crippen LogP contribution in [-0.2, 0) is 23.9 Å². The first-order valence-electron chi connectivity index (χ1n) is 13.8. The summed E-state index contributed by atoms with van der Waals surface area (Å²) in [6.07, 6.45) is -2.51. The predicted molar refractivity (Wildman–Crippen MR) is 152 cm³/mol. The summed E-state index contributed by atoms with van der Waals surface area (Å²) in [6.45, 7) is 5.34. The van der Waals surface area contributed by atoms with Crippen LogP contribution in [0.4, 0.5) is 13.2 Å². The van der Waals surface area contributed by atoms with Crippen LogP contribution < -0.4 is 10.6 Å². The normalized spacial score (nSPS) is 12.0. The zero-order valence-corrected chi connectivity index (χ0v) is 23.3. The van der Waals surface area contributed by atoms with E-state index in [2.05, 4.69) is 10.6 Å². The minimum atomic E-state index is -4.41. The third-order valence-corrected chi connectivity index (χ3v) is 6.53. The van der Waals surface area contributed by atoms with Gasteiger partial charge in [-0.3, -0.25) is 14.4 Å². The highest BCUT2D eigenvalue weighted by Crippen LogP contribution is 2.29. The van der Waals surface area contributed by atoms with E-state index in [1.165, 1.54) is 12.1 Å². The summed E-state index contributed by atoms with van der Waals surface area (Å²) in [4.78, 5) is 41.3. The molecule has 1 atom stereocenters. The number of benzene rings is 3. The lowest BCUT2D eigenvalue weighted by Gasteiger charge is -2.22. The number of alkyl halides is 3. The number of rotatable bonds is 14. The van der Waals surface area contributed by atoms with Crippen molar-refractivity contribution in [3.63, 3.8) is 0 Å². The Morgan fingerprint density at radius 1 is 0.805 bits per heavy atom. The van der Waals surface area contributed by atoms with Gasteiger partial charge in [0.2, 0.25) is 0 Å².